The van der Waals surface area contributed by atoms with Gasteiger partial charge in [0.05, 0.1) is 19.3 Å². The van der Waals surface area contributed by atoms with Crippen molar-refractivity contribution in [1.82, 2.24) is 0 Å². The second-order valence-corrected chi connectivity index (χ2v) is 3.69. The van der Waals surface area contributed by atoms with Gasteiger partial charge in [0.2, 0.25) is 0 Å². The zero-order chi connectivity index (χ0) is 11.3. The van der Waals surface area contributed by atoms with Crippen molar-refractivity contribution in [3.05, 3.63) is 24.3 Å². The molecular formula is C12H18O3. The Kier molecular flexibility index (Phi) is 4.43. The first-order valence-electron chi connectivity index (χ1n) is 5.10. The van der Waals surface area contributed by atoms with E-state index in [0.29, 0.717) is 6.42 Å². The summed E-state index contributed by atoms with van der Waals surface area (Å²) < 4.78 is 10.7. The predicted molar refractivity (Wildman–Crippen MR) is 59.4 cm³/mol. The lowest BCUT2D eigenvalue weighted by Crippen LogP contribution is -2.18. The molecule has 3 heteroatoms. The molecule has 0 amide bonds. The van der Waals surface area contributed by atoms with Crippen LogP contribution >= 0.6 is 0 Å². The first-order chi connectivity index (χ1) is 7.11. The minimum absolute atomic E-state index is 0.0124. The molecule has 84 valence electrons. The highest BCUT2D eigenvalue weighted by Crippen LogP contribution is 2.19. The molecule has 3 nitrogen and oxygen atoms in total. The van der Waals surface area contributed by atoms with Crippen LogP contribution in [0.5, 0.6) is 11.5 Å². The van der Waals surface area contributed by atoms with Gasteiger partial charge in [-0.2, -0.15) is 0 Å². The van der Waals surface area contributed by atoms with Gasteiger partial charge in [-0.25, -0.2) is 0 Å². The van der Waals surface area contributed by atoms with Gasteiger partial charge in [-0.1, -0.05) is 0 Å². The quantitative estimate of drug-likeness (QED) is 0.810. The number of aliphatic hydroxyl groups is 1. The molecule has 0 aliphatic heterocycles. The molecule has 1 N–H and O–H groups in total. The lowest BCUT2D eigenvalue weighted by molar-refractivity contribution is 0.115. The van der Waals surface area contributed by atoms with Crippen LogP contribution in [0, 0.1) is 0 Å². The molecule has 0 unspecified atom stereocenters. The molecule has 0 radical (unpaired) electrons. The van der Waals surface area contributed by atoms with E-state index in [1.165, 1.54) is 0 Å². The van der Waals surface area contributed by atoms with Gasteiger partial charge in [-0.05, 0) is 38.1 Å². The fourth-order valence-corrected chi connectivity index (χ4v) is 1.42. The van der Waals surface area contributed by atoms with Gasteiger partial charge in [0, 0.05) is 6.42 Å². The van der Waals surface area contributed by atoms with Crippen LogP contribution in [0.1, 0.15) is 20.3 Å². The van der Waals surface area contributed by atoms with E-state index < -0.39 is 0 Å². The van der Waals surface area contributed by atoms with Gasteiger partial charge < -0.3 is 14.6 Å². The maximum atomic E-state index is 9.18. The minimum atomic E-state index is -0.335. The fourth-order valence-electron chi connectivity index (χ4n) is 1.42. The molecule has 0 aromatic heterocycles. The van der Waals surface area contributed by atoms with Crippen molar-refractivity contribution in [2.24, 2.45) is 0 Å². The molecule has 0 aliphatic carbocycles. The second kappa shape index (κ2) is 5.61. The van der Waals surface area contributed by atoms with E-state index in [0.717, 1.165) is 11.5 Å². The van der Waals surface area contributed by atoms with E-state index in [-0.39, 0.29) is 12.2 Å². The van der Waals surface area contributed by atoms with E-state index in [4.69, 9.17) is 9.47 Å². The predicted octanol–water partition coefficient (Wildman–Crippen LogP) is 2.23. The van der Waals surface area contributed by atoms with Gasteiger partial charge in [-0.3, -0.25) is 0 Å². The molecule has 0 bridgehead atoms. The molecule has 0 fully saturated rings. The summed E-state index contributed by atoms with van der Waals surface area (Å²) in [5, 5.41) is 9.18. The van der Waals surface area contributed by atoms with Crippen LogP contribution in [0.15, 0.2) is 24.3 Å². The summed E-state index contributed by atoms with van der Waals surface area (Å²) in [5.74, 6) is 1.61. The molecule has 0 heterocycles. The summed E-state index contributed by atoms with van der Waals surface area (Å²) in [6.07, 6.45) is 0.308. The summed E-state index contributed by atoms with van der Waals surface area (Å²) in [4.78, 5) is 0. The van der Waals surface area contributed by atoms with E-state index in [9.17, 15) is 5.11 Å². The SMILES string of the molecule is COc1ccc(O[C@@H](C)C[C@@H](C)O)cc1. The molecule has 0 spiro atoms. The zero-order valence-electron chi connectivity index (χ0n) is 9.43. The number of benzene rings is 1. The molecular weight excluding hydrogens is 192 g/mol. The highest BCUT2D eigenvalue weighted by Gasteiger charge is 2.07. The Bertz CT molecular complexity index is 279. The topological polar surface area (TPSA) is 38.7 Å². The van der Waals surface area contributed by atoms with Crippen LogP contribution in [0.25, 0.3) is 0 Å². The Morgan fingerprint density at radius 1 is 1.13 bits per heavy atom. The largest absolute Gasteiger partial charge is 0.497 e. The normalized spacial score (nSPS) is 14.4. The van der Waals surface area contributed by atoms with Crippen molar-refractivity contribution in [2.45, 2.75) is 32.5 Å². The molecule has 2 atom stereocenters. The van der Waals surface area contributed by atoms with Crippen LogP contribution in [-0.2, 0) is 0 Å². The van der Waals surface area contributed by atoms with E-state index in [2.05, 4.69) is 0 Å². The van der Waals surface area contributed by atoms with Crippen molar-refractivity contribution in [1.29, 1.82) is 0 Å². The molecule has 0 aliphatic rings. The first-order valence-corrected chi connectivity index (χ1v) is 5.10. The number of aliphatic hydroxyl groups excluding tert-OH is 1. The highest BCUT2D eigenvalue weighted by molar-refractivity contribution is 5.31. The lowest BCUT2D eigenvalue weighted by Gasteiger charge is -2.16. The van der Waals surface area contributed by atoms with Crippen molar-refractivity contribution in [3.8, 4) is 11.5 Å². The zero-order valence-corrected chi connectivity index (χ0v) is 9.43. The van der Waals surface area contributed by atoms with E-state index in [1.807, 2.05) is 31.2 Å². The van der Waals surface area contributed by atoms with Crippen molar-refractivity contribution in [2.75, 3.05) is 7.11 Å². The standard InChI is InChI=1S/C12H18O3/c1-9(13)8-10(2)15-12-6-4-11(14-3)5-7-12/h4-7,9-10,13H,8H2,1-3H3/t9-,10+/m1/s1. The molecule has 1 aromatic carbocycles. The third-order valence-corrected chi connectivity index (χ3v) is 2.07. The van der Waals surface area contributed by atoms with Crippen LogP contribution in [0.4, 0.5) is 0 Å². The van der Waals surface area contributed by atoms with Crippen molar-refractivity contribution < 1.29 is 14.6 Å². The third kappa shape index (κ3) is 4.21. The Balaban J connectivity index is 2.49. The Labute approximate surface area is 90.6 Å². The van der Waals surface area contributed by atoms with Gasteiger partial charge in [0.1, 0.15) is 11.5 Å². The van der Waals surface area contributed by atoms with Crippen molar-refractivity contribution in [3.63, 3.8) is 0 Å². The van der Waals surface area contributed by atoms with Crippen LogP contribution in [0.3, 0.4) is 0 Å². The molecule has 0 saturated heterocycles. The van der Waals surface area contributed by atoms with Gasteiger partial charge in [0.15, 0.2) is 0 Å². The van der Waals surface area contributed by atoms with E-state index >= 15 is 0 Å². The smallest absolute Gasteiger partial charge is 0.119 e. The number of ether oxygens (including phenoxy) is 2. The average Bonchev–Trinajstić information content (AvgIpc) is 2.17. The maximum Gasteiger partial charge on any atom is 0.119 e. The van der Waals surface area contributed by atoms with Crippen molar-refractivity contribution >= 4 is 0 Å². The second-order valence-electron chi connectivity index (χ2n) is 3.69. The van der Waals surface area contributed by atoms with Gasteiger partial charge in [0.25, 0.3) is 0 Å². The summed E-state index contributed by atoms with van der Waals surface area (Å²) in [6, 6.07) is 7.42. The molecule has 15 heavy (non-hydrogen) atoms. The highest BCUT2D eigenvalue weighted by atomic mass is 16.5. The fraction of sp³-hybridized carbons (Fsp3) is 0.500. The summed E-state index contributed by atoms with van der Waals surface area (Å²) in [6.45, 7) is 3.70. The monoisotopic (exact) mass is 210 g/mol. The van der Waals surface area contributed by atoms with Crippen LogP contribution in [0.2, 0.25) is 0 Å². The molecule has 1 aromatic rings. The van der Waals surface area contributed by atoms with Crippen LogP contribution in [-0.4, -0.2) is 24.4 Å². The van der Waals surface area contributed by atoms with Crippen LogP contribution < -0.4 is 9.47 Å². The molecule has 0 saturated carbocycles. The first kappa shape index (κ1) is 11.9. The van der Waals surface area contributed by atoms with Gasteiger partial charge in [-0.15, -0.1) is 0 Å². The number of hydrogen-bond acceptors (Lipinski definition) is 3. The third-order valence-electron chi connectivity index (χ3n) is 2.07. The maximum absolute atomic E-state index is 9.18. The number of hydrogen-bond donors (Lipinski definition) is 1. The Morgan fingerprint density at radius 2 is 1.67 bits per heavy atom. The number of rotatable bonds is 5. The Hall–Kier alpha value is -1.22. The lowest BCUT2D eigenvalue weighted by atomic mass is 10.2. The Morgan fingerprint density at radius 3 is 2.13 bits per heavy atom. The number of methoxy groups -OCH3 is 1. The summed E-state index contributed by atoms with van der Waals surface area (Å²) in [7, 11) is 1.63. The minimum Gasteiger partial charge on any atom is -0.497 e. The average molecular weight is 210 g/mol. The van der Waals surface area contributed by atoms with E-state index in [1.54, 1.807) is 14.0 Å². The summed E-state index contributed by atoms with van der Waals surface area (Å²) in [5.41, 5.74) is 0. The molecule has 1 rings (SSSR count). The summed E-state index contributed by atoms with van der Waals surface area (Å²) >= 11 is 0. The van der Waals surface area contributed by atoms with Gasteiger partial charge >= 0.3 is 0 Å².